The number of hydrogen-bond acceptors (Lipinski definition) is 3. The van der Waals surface area contributed by atoms with Crippen LogP contribution in [-0.4, -0.2) is 20.0 Å². The molecule has 0 radical (unpaired) electrons. The van der Waals surface area contributed by atoms with Crippen molar-refractivity contribution < 1.29 is 14.3 Å². The summed E-state index contributed by atoms with van der Waals surface area (Å²) in [6.07, 6.45) is 3.58. The number of carbonyl (C=O) groups excluding carboxylic acids is 1. The van der Waals surface area contributed by atoms with Crippen LogP contribution in [-0.2, 0) is 11.2 Å². The van der Waals surface area contributed by atoms with Crippen molar-refractivity contribution in [3.63, 3.8) is 0 Å². The van der Waals surface area contributed by atoms with E-state index >= 15 is 0 Å². The van der Waals surface area contributed by atoms with Crippen molar-refractivity contribution in [2.75, 3.05) is 14.2 Å². The number of benzene rings is 1. The van der Waals surface area contributed by atoms with Crippen LogP contribution in [0.4, 0.5) is 0 Å². The Morgan fingerprint density at radius 1 is 1.29 bits per heavy atom. The number of carbonyl (C=O) groups is 1. The van der Waals surface area contributed by atoms with Crippen molar-refractivity contribution >= 4 is 5.78 Å². The van der Waals surface area contributed by atoms with Gasteiger partial charge in [-0.2, -0.15) is 0 Å². The minimum absolute atomic E-state index is 0.0884. The number of methoxy groups -OCH3 is 2. The van der Waals surface area contributed by atoms with E-state index in [1.54, 1.807) is 14.2 Å². The molecule has 0 amide bonds. The molecule has 1 aromatic carbocycles. The number of ether oxygens (including phenoxy) is 2. The summed E-state index contributed by atoms with van der Waals surface area (Å²) in [6.45, 7) is 3.45. The van der Waals surface area contributed by atoms with Gasteiger partial charge in [-0.25, -0.2) is 0 Å². The van der Waals surface area contributed by atoms with Gasteiger partial charge in [-0.15, -0.1) is 0 Å². The van der Waals surface area contributed by atoms with Crippen molar-refractivity contribution in [2.45, 2.75) is 19.3 Å². The second kappa shape index (κ2) is 6.74. The summed E-state index contributed by atoms with van der Waals surface area (Å²) in [7, 11) is 3.23. The first-order valence-electron chi connectivity index (χ1n) is 5.57. The highest BCUT2D eigenvalue weighted by molar-refractivity contribution is 5.88. The lowest BCUT2D eigenvalue weighted by Crippen LogP contribution is -1.95. The van der Waals surface area contributed by atoms with E-state index in [-0.39, 0.29) is 5.78 Å². The van der Waals surface area contributed by atoms with Gasteiger partial charge in [-0.05, 0) is 36.6 Å². The Bertz CT molecular complexity index is 396. The van der Waals surface area contributed by atoms with Crippen molar-refractivity contribution in [3.8, 4) is 11.5 Å². The molecule has 0 saturated carbocycles. The highest BCUT2D eigenvalue weighted by Crippen LogP contribution is 2.28. The molecule has 0 unspecified atom stereocenters. The van der Waals surface area contributed by atoms with E-state index in [9.17, 15) is 4.79 Å². The number of aryl methyl sites for hydroxylation is 1. The van der Waals surface area contributed by atoms with Gasteiger partial charge in [0.1, 0.15) is 0 Å². The molecule has 0 spiro atoms. The molecule has 0 aliphatic carbocycles. The lowest BCUT2D eigenvalue weighted by atomic mass is 10.1. The predicted molar refractivity (Wildman–Crippen MR) is 67.7 cm³/mol. The number of rotatable bonds is 7. The van der Waals surface area contributed by atoms with E-state index in [1.807, 2.05) is 18.2 Å². The third kappa shape index (κ3) is 3.94. The maximum absolute atomic E-state index is 11.1. The molecule has 0 heterocycles. The minimum atomic E-state index is 0.0884. The van der Waals surface area contributed by atoms with Gasteiger partial charge in [0, 0.05) is 6.42 Å². The topological polar surface area (TPSA) is 35.5 Å². The first-order valence-corrected chi connectivity index (χ1v) is 5.57. The molecule has 0 atom stereocenters. The van der Waals surface area contributed by atoms with Crippen molar-refractivity contribution in [1.82, 2.24) is 0 Å². The van der Waals surface area contributed by atoms with Gasteiger partial charge in [0.15, 0.2) is 17.3 Å². The van der Waals surface area contributed by atoms with Crippen molar-refractivity contribution in [1.29, 1.82) is 0 Å². The predicted octanol–water partition coefficient (Wildman–Crippen LogP) is 2.78. The lowest BCUT2D eigenvalue weighted by Gasteiger charge is -2.09. The Balaban J connectivity index is 2.60. The highest BCUT2D eigenvalue weighted by atomic mass is 16.5. The Morgan fingerprint density at radius 3 is 2.59 bits per heavy atom. The molecule has 0 aliphatic heterocycles. The van der Waals surface area contributed by atoms with Crippen LogP contribution in [0, 0.1) is 0 Å². The van der Waals surface area contributed by atoms with E-state index in [2.05, 4.69) is 6.58 Å². The largest absolute Gasteiger partial charge is 0.493 e. The molecule has 3 heteroatoms. The van der Waals surface area contributed by atoms with E-state index in [4.69, 9.17) is 9.47 Å². The van der Waals surface area contributed by atoms with Gasteiger partial charge in [0.2, 0.25) is 0 Å². The monoisotopic (exact) mass is 234 g/mol. The average Bonchev–Trinajstić information content (AvgIpc) is 2.38. The van der Waals surface area contributed by atoms with Crippen LogP contribution < -0.4 is 9.47 Å². The summed E-state index contributed by atoms with van der Waals surface area (Å²) < 4.78 is 10.4. The molecule has 0 N–H and O–H groups in total. The summed E-state index contributed by atoms with van der Waals surface area (Å²) in [5, 5.41) is 0. The first-order chi connectivity index (χ1) is 8.21. The zero-order chi connectivity index (χ0) is 12.7. The smallest absolute Gasteiger partial charge is 0.160 e. The van der Waals surface area contributed by atoms with E-state index in [1.165, 1.54) is 6.08 Å². The van der Waals surface area contributed by atoms with Crippen molar-refractivity contribution in [2.24, 2.45) is 0 Å². The lowest BCUT2D eigenvalue weighted by molar-refractivity contribution is -0.114. The third-order valence-electron chi connectivity index (χ3n) is 2.56. The van der Waals surface area contributed by atoms with Crippen molar-refractivity contribution in [3.05, 3.63) is 36.4 Å². The standard InChI is InChI=1S/C14H18O3/c1-4-12(15)7-5-6-11-8-9-13(16-2)14(10-11)17-3/h4,8-10H,1,5-7H2,2-3H3. The average molecular weight is 234 g/mol. The third-order valence-corrected chi connectivity index (χ3v) is 2.56. The summed E-state index contributed by atoms with van der Waals surface area (Å²) in [5.41, 5.74) is 1.14. The second-order valence-corrected chi connectivity index (χ2v) is 3.71. The Morgan fingerprint density at radius 2 is 2.00 bits per heavy atom. The van der Waals surface area contributed by atoms with Crippen LogP contribution in [0.25, 0.3) is 0 Å². The van der Waals surface area contributed by atoms with Gasteiger partial charge in [0.05, 0.1) is 14.2 Å². The molecular formula is C14H18O3. The van der Waals surface area contributed by atoms with Crippen LogP contribution in [0.1, 0.15) is 18.4 Å². The Kier molecular flexibility index (Phi) is 5.27. The number of ketones is 1. The molecule has 0 aliphatic rings. The molecule has 1 rings (SSSR count). The minimum Gasteiger partial charge on any atom is -0.493 e. The fourth-order valence-corrected chi connectivity index (χ4v) is 1.60. The van der Waals surface area contributed by atoms with Gasteiger partial charge in [-0.1, -0.05) is 12.6 Å². The van der Waals surface area contributed by atoms with Gasteiger partial charge < -0.3 is 9.47 Å². The molecule has 1 aromatic rings. The first kappa shape index (κ1) is 13.3. The SMILES string of the molecule is C=CC(=O)CCCc1ccc(OC)c(OC)c1. The van der Waals surface area contributed by atoms with Crippen LogP contribution in [0.15, 0.2) is 30.9 Å². The molecule has 0 saturated heterocycles. The van der Waals surface area contributed by atoms with E-state index in [0.717, 1.165) is 29.9 Å². The molecule has 3 nitrogen and oxygen atoms in total. The Labute approximate surface area is 102 Å². The maximum Gasteiger partial charge on any atom is 0.160 e. The molecular weight excluding hydrogens is 216 g/mol. The fraction of sp³-hybridized carbons (Fsp3) is 0.357. The van der Waals surface area contributed by atoms with Gasteiger partial charge in [0.25, 0.3) is 0 Å². The molecule has 0 fully saturated rings. The van der Waals surface area contributed by atoms with Crippen LogP contribution in [0.2, 0.25) is 0 Å². The zero-order valence-electron chi connectivity index (χ0n) is 10.4. The van der Waals surface area contributed by atoms with Gasteiger partial charge in [-0.3, -0.25) is 4.79 Å². The van der Waals surface area contributed by atoms with E-state index < -0.39 is 0 Å². The summed E-state index contributed by atoms with van der Waals surface area (Å²) >= 11 is 0. The van der Waals surface area contributed by atoms with E-state index in [0.29, 0.717) is 6.42 Å². The fourth-order valence-electron chi connectivity index (χ4n) is 1.60. The number of hydrogen-bond donors (Lipinski definition) is 0. The normalized spacial score (nSPS) is 9.76. The number of allylic oxidation sites excluding steroid dienone is 1. The summed E-state index contributed by atoms with van der Waals surface area (Å²) in [5.74, 6) is 1.53. The molecule has 0 aromatic heterocycles. The Hall–Kier alpha value is -1.77. The van der Waals surface area contributed by atoms with Crippen LogP contribution in [0.3, 0.4) is 0 Å². The highest BCUT2D eigenvalue weighted by Gasteiger charge is 2.04. The van der Waals surface area contributed by atoms with Crippen LogP contribution >= 0.6 is 0 Å². The molecule has 17 heavy (non-hydrogen) atoms. The van der Waals surface area contributed by atoms with Crippen LogP contribution in [0.5, 0.6) is 11.5 Å². The quantitative estimate of drug-likeness (QED) is 0.680. The van der Waals surface area contributed by atoms with Gasteiger partial charge >= 0.3 is 0 Å². The summed E-state index contributed by atoms with van der Waals surface area (Å²) in [4.78, 5) is 11.1. The maximum atomic E-state index is 11.1. The zero-order valence-corrected chi connectivity index (χ0v) is 10.4. The molecule has 0 bridgehead atoms. The summed E-state index contributed by atoms with van der Waals surface area (Å²) in [6, 6.07) is 5.81. The second-order valence-electron chi connectivity index (χ2n) is 3.71. The molecule has 92 valence electrons.